The molecule has 3 N–H and O–H groups in total. The number of fused-ring (bicyclic) bond motifs is 1. The number of unbranched alkanes of at least 4 members (excludes halogenated alkanes) is 2. The van der Waals surface area contributed by atoms with Crippen LogP contribution in [0.4, 0.5) is 0 Å². The Morgan fingerprint density at radius 1 is 0.969 bits per heavy atom. The van der Waals surface area contributed by atoms with Gasteiger partial charge in [0, 0.05) is 16.5 Å². The van der Waals surface area contributed by atoms with Crippen molar-refractivity contribution in [2.45, 2.75) is 32.6 Å². The van der Waals surface area contributed by atoms with Gasteiger partial charge in [0.2, 0.25) is 0 Å². The van der Waals surface area contributed by atoms with Gasteiger partial charge in [0.1, 0.15) is 5.82 Å². The van der Waals surface area contributed by atoms with Gasteiger partial charge >= 0.3 is 11.8 Å². The number of carbonyl (C=O) groups is 3. The van der Waals surface area contributed by atoms with Crippen LogP contribution in [0.3, 0.4) is 0 Å². The number of aryl methyl sites for hydroxylation is 1. The molecular formula is C22H22BrN5O4. The summed E-state index contributed by atoms with van der Waals surface area (Å²) in [5.41, 5.74) is 6.84. The number of carbonyl (C=O) groups excluding carboxylic acids is 3. The highest BCUT2D eigenvalue weighted by Crippen LogP contribution is 2.11. The van der Waals surface area contributed by atoms with Crippen molar-refractivity contribution >= 4 is 44.6 Å². The Kier molecular flexibility index (Phi) is 7.72. The number of hydrogen-bond acceptors (Lipinski definition) is 5. The molecule has 0 aliphatic heterocycles. The monoisotopic (exact) mass is 499 g/mol. The summed E-state index contributed by atoms with van der Waals surface area (Å²) < 4.78 is 1.79. The number of hydrogen-bond donors (Lipinski definition) is 3. The normalized spacial score (nSPS) is 10.6. The number of nitrogens with one attached hydrogen (secondary N) is 3. The van der Waals surface area contributed by atoms with E-state index < -0.39 is 23.3 Å². The molecule has 1 aromatic heterocycles. The molecule has 0 unspecified atom stereocenters. The summed E-state index contributed by atoms with van der Waals surface area (Å²) in [6.45, 7) is 2.05. The molecule has 0 atom stereocenters. The molecule has 166 valence electrons. The quantitative estimate of drug-likeness (QED) is 0.273. The predicted molar refractivity (Wildman–Crippen MR) is 123 cm³/mol. The lowest BCUT2D eigenvalue weighted by Crippen LogP contribution is -2.49. The number of hydrazine groups is 1. The summed E-state index contributed by atoms with van der Waals surface area (Å²) in [6, 6.07) is 13.2. The summed E-state index contributed by atoms with van der Waals surface area (Å²) in [4.78, 5) is 54.1. The van der Waals surface area contributed by atoms with Gasteiger partial charge < -0.3 is 0 Å². The largest absolute Gasteiger partial charge is 0.330 e. The van der Waals surface area contributed by atoms with Crippen molar-refractivity contribution < 1.29 is 14.4 Å². The Labute approximate surface area is 192 Å². The molecule has 0 aliphatic carbocycles. The van der Waals surface area contributed by atoms with Crippen LogP contribution in [0, 0.1) is 0 Å². The zero-order valence-electron chi connectivity index (χ0n) is 17.4. The molecule has 1 heterocycles. The molecule has 0 saturated carbocycles. The molecule has 0 aliphatic rings. The predicted octanol–water partition coefficient (Wildman–Crippen LogP) is 2.42. The smallest absolute Gasteiger partial charge is 0.267 e. The molecule has 10 heteroatoms. The van der Waals surface area contributed by atoms with Gasteiger partial charge in [-0.05, 0) is 42.8 Å². The maximum absolute atomic E-state index is 12.9. The lowest BCUT2D eigenvalue weighted by atomic mass is 10.2. The van der Waals surface area contributed by atoms with E-state index in [0.717, 1.165) is 28.4 Å². The van der Waals surface area contributed by atoms with Crippen molar-refractivity contribution in [2.24, 2.45) is 0 Å². The second-order valence-electron chi connectivity index (χ2n) is 7.00. The van der Waals surface area contributed by atoms with Crippen molar-refractivity contribution in [2.75, 3.05) is 5.43 Å². The molecular weight excluding hydrogens is 478 g/mol. The summed E-state index contributed by atoms with van der Waals surface area (Å²) in [6.07, 6.45) is 3.13. The zero-order valence-corrected chi connectivity index (χ0v) is 18.9. The van der Waals surface area contributed by atoms with Crippen molar-refractivity contribution in [3.63, 3.8) is 0 Å². The molecule has 3 rings (SSSR count). The third-order valence-corrected chi connectivity index (χ3v) is 5.19. The maximum Gasteiger partial charge on any atom is 0.330 e. The van der Waals surface area contributed by atoms with E-state index in [2.05, 4.69) is 38.7 Å². The Morgan fingerprint density at radius 3 is 2.41 bits per heavy atom. The van der Waals surface area contributed by atoms with Crippen LogP contribution in [0.25, 0.3) is 10.9 Å². The van der Waals surface area contributed by atoms with Crippen LogP contribution in [0.2, 0.25) is 0 Å². The van der Waals surface area contributed by atoms with Gasteiger partial charge in [-0.3, -0.25) is 35.5 Å². The van der Waals surface area contributed by atoms with Gasteiger partial charge in [-0.2, -0.15) is 0 Å². The van der Waals surface area contributed by atoms with Crippen molar-refractivity contribution in [1.82, 2.24) is 20.5 Å². The highest BCUT2D eigenvalue weighted by Gasteiger charge is 2.19. The zero-order chi connectivity index (χ0) is 23.1. The van der Waals surface area contributed by atoms with Gasteiger partial charge in [0.05, 0.1) is 10.9 Å². The number of rotatable bonds is 6. The number of halogens is 1. The standard InChI is InChI=1S/C22H22BrN5O4/c1-2-3-4-9-18-24-17-8-6-5-7-16(17)22(32)28(18)27-21(31)20(30)26-25-19(29)14-10-12-15(23)13-11-14/h5-8,10-13H,2-4,9H2,1H3,(H,25,29)(H,26,30)(H,27,31). The van der Waals surface area contributed by atoms with Crippen molar-refractivity contribution in [1.29, 1.82) is 0 Å². The second-order valence-corrected chi connectivity index (χ2v) is 7.91. The van der Waals surface area contributed by atoms with Gasteiger partial charge in [-0.25, -0.2) is 9.66 Å². The van der Waals surface area contributed by atoms with E-state index in [0.29, 0.717) is 28.7 Å². The highest BCUT2D eigenvalue weighted by molar-refractivity contribution is 9.10. The lowest BCUT2D eigenvalue weighted by molar-refractivity contribution is -0.137. The Balaban J connectivity index is 1.74. The van der Waals surface area contributed by atoms with Crippen LogP contribution >= 0.6 is 15.9 Å². The van der Waals surface area contributed by atoms with E-state index in [4.69, 9.17) is 0 Å². The first-order valence-corrected chi connectivity index (χ1v) is 10.9. The van der Waals surface area contributed by atoms with Crippen LogP contribution in [0.15, 0.2) is 57.8 Å². The van der Waals surface area contributed by atoms with Crippen LogP contribution in [0.5, 0.6) is 0 Å². The highest BCUT2D eigenvalue weighted by atomic mass is 79.9. The Bertz CT molecular complexity index is 1210. The second kappa shape index (κ2) is 10.7. The van der Waals surface area contributed by atoms with Gasteiger partial charge in [-0.1, -0.05) is 47.8 Å². The minimum atomic E-state index is -1.13. The van der Waals surface area contributed by atoms with E-state index in [-0.39, 0.29) is 0 Å². The molecule has 2 aromatic carbocycles. The summed E-state index contributed by atoms with van der Waals surface area (Å²) in [5, 5.41) is 0.316. The van der Waals surface area contributed by atoms with Crippen LogP contribution in [-0.4, -0.2) is 27.4 Å². The topological polar surface area (TPSA) is 122 Å². The molecule has 9 nitrogen and oxygen atoms in total. The number of amides is 3. The summed E-state index contributed by atoms with van der Waals surface area (Å²) in [5.74, 6) is -2.49. The lowest BCUT2D eigenvalue weighted by Gasteiger charge is -2.14. The first kappa shape index (κ1) is 23.1. The number of benzene rings is 2. The average molecular weight is 500 g/mol. The fourth-order valence-corrected chi connectivity index (χ4v) is 3.26. The molecule has 0 spiro atoms. The molecule has 0 radical (unpaired) electrons. The number of para-hydroxylation sites is 1. The minimum absolute atomic E-state index is 0.294. The fraction of sp³-hybridized carbons (Fsp3) is 0.227. The third kappa shape index (κ3) is 5.58. The minimum Gasteiger partial charge on any atom is -0.267 e. The SMILES string of the molecule is CCCCCc1nc2ccccc2c(=O)n1NC(=O)C(=O)NNC(=O)c1ccc(Br)cc1. The van der Waals surface area contributed by atoms with E-state index >= 15 is 0 Å². The average Bonchev–Trinajstić information content (AvgIpc) is 2.80. The molecule has 32 heavy (non-hydrogen) atoms. The van der Waals surface area contributed by atoms with Crippen molar-refractivity contribution in [3.05, 3.63) is 74.7 Å². The Hall–Kier alpha value is -3.53. The van der Waals surface area contributed by atoms with Gasteiger partial charge in [0.15, 0.2) is 0 Å². The van der Waals surface area contributed by atoms with Gasteiger partial charge in [0.25, 0.3) is 11.5 Å². The first-order chi connectivity index (χ1) is 15.4. The van der Waals surface area contributed by atoms with Crippen molar-refractivity contribution in [3.8, 4) is 0 Å². The van der Waals surface area contributed by atoms with Crippen LogP contribution in [-0.2, 0) is 16.0 Å². The molecule has 0 saturated heterocycles. The fourth-order valence-electron chi connectivity index (χ4n) is 2.99. The van der Waals surface area contributed by atoms with E-state index in [1.54, 1.807) is 48.5 Å². The number of aromatic nitrogens is 2. The summed E-state index contributed by atoms with van der Waals surface area (Å²) >= 11 is 3.27. The molecule has 3 amide bonds. The first-order valence-electron chi connectivity index (χ1n) is 10.1. The third-order valence-electron chi connectivity index (χ3n) is 4.66. The van der Waals surface area contributed by atoms with E-state index in [9.17, 15) is 19.2 Å². The van der Waals surface area contributed by atoms with Gasteiger partial charge in [-0.15, -0.1) is 0 Å². The van der Waals surface area contributed by atoms with E-state index in [1.807, 2.05) is 5.43 Å². The van der Waals surface area contributed by atoms with E-state index in [1.165, 1.54) is 0 Å². The molecule has 0 fully saturated rings. The van der Waals surface area contributed by atoms with Crippen LogP contribution in [0.1, 0.15) is 42.4 Å². The molecule has 0 bridgehead atoms. The molecule has 3 aromatic rings. The van der Waals surface area contributed by atoms with Crippen LogP contribution < -0.4 is 21.8 Å². The Morgan fingerprint density at radius 2 is 1.69 bits per heavy atom. The summed E-state index contributed by atoms with van der Waals surface area (Å²) in [7, 11) is 0. The maximum atomic E-state index is 12.9. The number of nitrogens with zero attached hydrogens (tertiary/aromatic N) is 2.